The van der Waals surface area contributed by atoms with Gasteiger partial charge in [-0.2, -0.15) is 0 Å². The summed E-state index contributed by atoms with van der Waals surface area (Å²) in [6.45, 7) is 12.9. The molecule has 33 heavy (non-hydrogen) atoms. The third-order valence-electron chi connectivity index (χ3n) is 9.19. The number of aliphatic hydroxyl groups is 3. The van der Waals surface area contributed by atoms with Crippen molar-refractivity contribution in [2.24, 2.45) is 23.2 Å². The van der Waals surface area contributed by atoms with E-state index in [1.165, 1.54) is 57.8 Å². The van der Waals surface area contributed by atoms with Gasteiger partial charge in [0.2, 0.25) is 0 Å². The highest BCUT2D eigenvalue weighted by molar-refractivity contribution is 5.38. The number of hydrogen-bond donors (Lipinski definition) is 3. The van der Waals surface area contributed by atoms with Crippen LogP contribution in [0.1, 0.15) is 111 Å². The molecular weight excluding hydrogens is 408 g/mol. The van der Waals surface area contributed by atoms with Crippen molar-refractivity contribution >= 4 is 0 Å². The maximum Gasteiger partial charge on any atom is 0.0811 e. The second-order valence-electron chi connectivity index (χ2n) is 12.4. The predicted octanol–water partition coefficient (Wildman–Crippen LogP) is 6.88. The van der Waals surface area contributed by atoms with Gasteiger partial charge in [-0.1, -0.05) is 70.3 Å². The molecule has 3 aliphatic carbocycles. The first-order valence-corrected chi connectivity index (χ1v) is 13.7. The Kier molecular flexibility index (Phi) is 9.08. The maximum absolute atomic E-state index is 10.2. The first kappa shape index (κ1) is 26.7. The molecule has 0 unspecified atom stereocenters. The Morgan fingerprint density at radius 3 is 2.58 bits per heavy atom. The molecule has 0 aromatic heterocycles. The van der Waals surface area contributed by atoms with Crippen LogP contribution in [0.2, 0.25) is 0 Å². The molecule has 3 N–H and O–H groups in total. The number of rotatable bonds is 9. The summed E-state index contributed by atoms with van der Waals surface area (Å²) < 4.78 is 0. The number of aliphatic hydroxyl groups excluding tert-OH is 2. The second-order valence-corrected chi connectivity index (χ2v) is 12.4. The monoisotopic (exact) mass is 458 g/mol. The zero-order valence-electron chi connectivity index (χ0n) is 21.8. The van der Waals surface area contributed by atoms with Crippen molar-refractivity contribution in [3.8, 4) is 0 Å². The molecule has 3 aliphatic rings. The van der Waals surface area contributed by atoms with Gasteiger partial charge in [0.05, 0.1) is 17.8 Å². The molecule has 0 radical (unpaired) electrons. The standard InChI is InChI=1S/C30H50O3/c1-21(11-8-6-7-9-17-29(3,4)33)26-15-16-27-23(12-10-18-30(26,27)5)13-14-24-19-25(31)20-28(32)22(24)2/h13-14,21,25-28,31-33H,2,6-12,15-20H2,1,3-5H3/b23-13+,24-14+/t21-,25-,26-,27+,28+,30-/m1/s1. The van der Waals surface area contributed by atoms with E-state index in [0.717, 1.165) is 35.8 Å². The van der Waals surface area contributed by atoms with Gasteiger partial charge in [0.25, 0.3) is 0 Å². The Hall–Kier alpha value is -0.900. The van der Waals surface area contributed by atoms with Crippen LogP contribution in [0.4, 0.5) is 0 Å². The van der Waals surface area contributed by atoms with E-state index in [1.54, 1.807) is 5.57 Å². The van der Waals surface area contributed by atoms with Crippen LogP contribution in [0.25, 0.3) is 0 Å². The molecule has 0 spiro atoms. The van der Waals surface area contributed by atoms with Crippen molar-refractivity contribution in [2.75, 3.05) is 0 Å². The number of fused-ring (bicyclic) bond motifs is 1. The molecule has 0 amide bonds. The quantitative estimate of drug-likeness (QED) is 0.330. The first-order valence-electron chi connectivity index (χ1n) is 13.7. The Balaban J connectivity index is 1.57. The van der Waals surface area contributed by atoms with Crippen LogP contribution in [-0.2, 0) is 0 Å². The third-order valence-corrected chi connectivity index (χ3v) is 9.19. The van der Waals surface area contributed by atoms with E-state index in [9.17, 15) is 15.3 Å². The lowest BCUT2D eigenvalue weighted by Crippen LogP contribution is -2.36. The summed E-state index contributed by atoms with van der Waals surface area (Å²) in [7, 11) is 0. The Labute approximate surface area is 203 Å². The van der Waals surface area contributed by atoms with Gasteiger partial charge >= 0.3 is 0 Å². The minimum atomic E-state index is -0.609. The molecule has 3 fully saturated rings. The van der Waals surface area contributed by atoms with Crippen molar-refractivity contribution in [3.05, 3.63) is 35.5 Å². The second kappa shape index (κ2) is 11.2. The zero-order valence-corrected chi connectivity index (χ0v) is 21.8. The van der Waals surface area contributed by atoms with Crippen LogP contribution in [-0.4, -0.2) is 33.1 Å². The fraction of sp³-hybridized carbons (Fsp3) is 0.800. The molecule has 3 heteroatoms. The summed E-state index contributed by atoms with van der Waals surface area (Å²) in [4.78, 5) is 0. The minimum Gasteiger partial charge on any atom is -0.393 e. The van der Waals surface area contributed by atoms with Crippen LogP contribution < -0.4 is 0 Å². The van der Waals surface area contributed by atoms with E-state index in [-0.39, 0.29) is 0 Å². The van der Waals surface area contributed by atoms with Gasteiger partial charge in [0.1, 0.15) is 0 Å². The molecule has 0 saturated heterocycles. The molecule has 0 heterocycles. The fourth-order valence-corrected chi connectivity index (χ4v) is 7.26. The normalized spacial score (nSPS) is 36.4. The van der Waals surface area contributed by atoms with Crippen molar-refractivity contribution in [3.63, 3.8) is 0 Å². The largest absolute Gasteiger partial charge is 0.393 e. The van der Waals surface area contributed by atoms with Crippen LogP contribution in [0, 0.1) is 23.2 Å². The van der Waals surface area contributed by atoms with E-state index in [4.69, 9.17) is 0 Å². The highest BCUT2D eigenvalue weighted by Crippen LogP contribution is 2.60. The van der Waals surface area contributed by atoms with E-state index < -0.39 is 17.8 Å². The van der Waals surface area contributed by atoms with Crippen molar-refractivity contribution in [2.45, 2.75) is 129 Å². The Morgan fingerprint density at radius 2 is 1.85 bits per heavy atom. The van der Waals surface area contributed by atoms with E-state index in [2.05, 4.69) is 32.6 Å². The average Bonchev–Trinajstić information content (AvgIpc) is 3.08. The Bertz CT molecular complexity index is 727. The molecule has 3 rings (SSSR count). The summed E-state index contributed by atoms with van der Waals surface area (Å²) >= 11 is 0. The number of unbranched alkanes of at least 4 members (excludes halogenated alkanes) is 3. The topological polar surface area (TPSA) is 60.7 Å². The molecule has 0 aliphatic heterocycles. The van der Waals surface area contributed by atoms with Crippen LogP contribution in [0.5, 0.6) is 0 Å². The van der Waals surface area contributed by atoms with Gasteiger partial charge in [0.15, 0.2) is 0 Å². The van der Waals surface area contributed by atoms with E-state index >= 15 is 0 Å². The highest BCUT2D eigenvalue weighted by Gasteiger charge is 2.50. The average molecular weight is 459 g/mol. The van der Waals surface area contributed by atoms with Crippen LogP contribution in [0.15, 0.2) is 35.5 Å². The zero-order chi connectivity index (χ0) is 24.2. The van der Waals surface area contributed by atoms with E-state index in [1.807, 2.05) is 13.8 Å². The van der Waals surface area contributed by atoms with Crippen molar-refractivity contribution < 1.29 is 15.3 Å². The van der Waals surface area contributed by atoms with Gasteiger partial charge in [-0.25, -0.2) is 0 Å². The van der Waals surface area contributed by atoms with Gasteiger partial charge in [-0.05, 0) is 93.1 Å². The smallest absolute Gasteiger partial charge is 0.0811 e. The summed E-state index contributed by atoms with van der Waals surface area (Å²) in [5.41, 5.74) is 3.28. The molecule has 0 bridgehead atoms. The van der Waals surface area contributed by atoms with E-state index in [0.29, 0.717) is 24.2 Å². The molecule has 0 aromatic rings. The highest BCUT2D eigenvalue weighted by atomic mass is 16.3. The summed E-state index contributed by atoms with van der Waals surface area (Å²) in [5, 5.41) is 30.1. The lowest BCUT2D eigenvalue weighted by atomic mass is 9.60. The molecule has 3 saturated carbocycles. The van der Waals surface area contributed by atoms with Gasteiger partial charge in [-0.15, -0.1) is 0 Å². The molecular formula is C30H50O3. The summed E-state index contributed by atoms with van der Waals surface area (Å²) in [5.74, 6) is 2.26. The minimum absolute atomic E-state index is 0.408. The fourth-order valence-electron chi connectivity index (χ4n) is 7.26. The van der Waals surface area contributed by atoms with Gasteiger partial charge in [0, 0.05) is 6.42 Å². The number of allylic oxidation sites excluding steroid dienone is 3. The van der Waals surface area contributed by atoms with Gasteiger partial charge in [-0.3, -0.25) is 0 Å². The summed E-state index contributed by atoms with van der Waals surface area (Å²) in [6.07, 6.45) is 18.1. The Morgan fingerprint density at radius 1 is 1.12 bits per heavy atom. The van der Waals surface area contributed by atoms with Crippen LogP contribution >= 0.6 is 0 Å². The lowest BCUT2D eigenvalue weighted by molar-refractivity contribution is 0.0677. The molecule has 3 nitrogen and oxygen atoms in total. The molecule has 0 aromatic carbocycles. The SMILES string of the molecule is C=C1/C(=C/C=C2\CCC[C@]3(C)[C@@H]([C@H](C)CCCCCCC(C)(C)O)CC[C@@H]23)C[C@@H](O)C[C@@H]1O. The maximum atomic E-state index is 10.2. The third kappa shape index (κ3) is 6.83. The lowest BCUT2D eigenvalue weighted by Gasteiger charge is -2.44. The number of hydrogen-bond acceptors (Lipinski definition) is 3. The van der Waals surface area contributed by atoms with Crippen LogP contribution in [0.3, 0.4) is 0 Å². The van der Waals surface area contributed by atoms with Gasteiger partial charge < -0.3 is 15.3 Å². The van der Waals surface area contributed by atoms with Crippen molar-refractivity contribution in [1.82, 2.24) is 0 Å². The molecule has 188 valence electrons. The summed E-state index contributed by atoms with van der Waals surface area (Å²) in [6, 6.07) is 0. The van der Waals surface area contributed by atoms with Crippen molar-refractivity contribution in [1.29, 1.82) is 0 Å². The molecule has 6 atom stereocenters. The predicted molar refractivity (Wildman–Crippen MR) is 138 cm³/mol. The first-order chi connectivity index (χ1) is 15.5.